The maximum absolute atomic E-state index is 11.7. The first-order valence-electron chi connectivity index (χ1n) is 6.02. The summed E-state index contributed by atoms with van der Waals surface area (Å²) in [5, 5.41) is 8.48. The van der Waals surface area contributed by atoms with Gasteiger partial charge in [-0.2, -0.15) is 0 Å². The Hall–Kier alpha value is -1.10. The van der Waals surface area contributed by atoms with Crippen LogP contribution in [0.1, 0.15) is 34.1 Å². The van der Waals surface area contributed by atoms with Gasteiger partial charge in [0.05, 0.1) is 0 Å². The number of rotatable bonds is 6. The van der Waals surface area contributed by atoms with E-state index in [9.17, 15) is 9.59 Å². The maximum Gasteiger partial charge on any atom is 0.242 e. The number of hydrogen-bond acceptors (Lipinski definition) is 3. The van der Waals surface area contributed by atoms with Crippen LogP contribution in [0.2, 0.25) is 0 Å². The molecule has 0 spiro atoms. The second kappa shape index (κ2) is 7.27. The molecule has 5 nitrogen and oxygen atoms in total. The Morgan fingerprint density at radius 1 is 1.18 bits per heavy atom. The zero-order valence-electron chi connectivity index (χ0n) is 11.5. The van der Waals surface area contributed by atoms with Gasteiger partial charge in [0.15, 0.2) is 0 Å². The van der Waals surface area contributed by atoms with Gasteiger partial charge in [-0.3, -0.25) is 9.59 Å². The van der Waals surface area contributed by atoms with Crippen molar-refractivity contribution >= 4 is 11.8 Å². The van der Waals surface area contributed by atoms with Gasteiger partial charge in [0.1, 0.15) is 6.04 Å². The van der Waals surface area contributed by atoms with E-state index in [1.165, 1.54) is 0 Å². The Balaban J connectivity index is 3.94. The second-order valence-electron chi connectivity index (χ2n) is 5.19. The van der Waals surface area contributed by atoms with E-state index in [0.29, 0.717) is 6.54 Å². The van der Waals surface area contributed by atoms with E-state index in [4.69, 9.17) is 0 Å². The molecule has 0 rings (SSSR count). The van der Waals surface area contributed by atoms with Gasteiger partial charge in [0.25, 0.3) is 0 Å². The van der Waals surface area contributed by atoms with Crippen LogP contribution in [0.5, 0.6) is 0 Å². The number of nitrogens with one attached hydrogen (secondary N) is 3. The van der Waals surface area contributed by atoms with Gasteiger partial charge in [-0.05, 0) is 26.9 Å². The van der Waals surface area contributed by atoms with Crippen molar-refractivity contribution in [2.75, 3.05) is 20.1 Å². The average Bonchev–Trinajstić information content (AvgIpc) is 2.22. The predicted octanol–water partition coefficient (Wildman–Crippen LogP) is 0.263. The van der Waals surface area contributed by atoms with Crippen LogP contribution in [0, 0.1) is 5.41 Å². The van der Waals surface area contributed by atoms with Crippen LogP contribution in [0.15, 0.2) is 0 Å². The van der Waals surface area contributed by atoms with Crippen LogP contribution < -0.4 is 16.0 Å². The van der Waals surface area contributed by atoms with Gasteiger partial charge < -0.3 is 16.0 Å². The summed E-state index contributed by atoms with van der Waals surface area (Å²) in [5.41, 5.74) is -0.472. The number of hydrogen-bond donors (Lipinski definition) is 3. The van der Waals surface area contributed by atoms with Crippen LogP contribution in [-0.4, -0.2) is 38.0 Å². The first kappa shape index (κ1) is 15.9. The highest BCUT2D eigenvalue weighted by Crippen LogP contribution is 2.12. The fourth-order valence-corrected chi connectivity index (χ4v) is 1.11. The Labute approximate surface area is 104 Å². The van der Waals surface area contributed by atoms with Crippen LogP contribution in [0.25, 0.3) is 0 Å². The van der Waals surface area contributed by atoms with Crippen molar-refractivity contribution in [1.82, 2.24) is 16.0 Å². The molecule has 0 radical (unpaired) electrons. The fraction of sp³-hybridized carbons (Fsp3) is 0.833. The number of amides is 2. The van der Waals surface area contributed by atoms with E-state index in [-0.39, 0.29) is 11.8 Å². The van der Waals surface area contributed by atoms with Gasteiger partial charge in [0, 0.05) is 12.0 Å². The van der Waals surface area contributed by atoms with Crippen molar-refractivity contribution in [2.45, 2.75) is 40.2 Å². The summed E-state index contributed by atoms with van der Waals surface area (Å²) >= 11 is 0. The average molecular weight is 243 g/mol. The smallest absolute Gasteiger partial charge is 0.242 e. The molecule has 0 aromatic rings. The molecule has 0 bridgehead atoms. The van der Waals surface area contributed by atoms with Gasteiger partial charge in [-0.1, -0.05) is 20.8 Å². The zero-order valence-corrected chi connectivity index (χ0v) is 11.5. The first-order chi connectivity index (χ1) is 7.79. The Morgan fingerprint density at radius 2 is 1.76 bits per heavy atom. The second-order valence-corrected chi connectivity index (χ2v) is 5.19. The Kier molecular flexibility index (Phi) is 6.80. The normalized spacial score (nSPS) is 13.0. The van der Waals surface area contributed by atoms with Crippen LogP contribution in [0.3, 0.4) is 0 Å². The summed E-state index contributed by atoms with van der Waals surface area (Å²) in [6.45, 7) is 8.63. The molecule has 0 saturated heterocycles. The molecule has 100 valence electrons. The molecule has 0 aromatic heterocycles. The minimum Gasteiger partial charge on any atom is -0.354 e. The van der Waals surface area contributed by atoms with E-state index in [2.05, 4.69) is 16.0 Å². The molecule has 0 aliphatic rings. The topological polar surface area (TPSA) is 70.2 Å². The van der Waals surface area contributed by atoms with Gasteiger partial charge >= 0.3 is 0 Å². The highest BCUT2D eigenvalue weighted by Gasteiger charge is 2.24. The number of carbonyl (C=O) groups excluding carboxylic acids is 2. The summed E-state index contributed by atoms with van der Waals surface area (Å²) in [6, 6.07) is -0.490. The van der Waals surface area contributed by atoms with E-state index in [1.807, 2.05) is 27.8 Å². The molecule has 0 aliphatic heterocycles. The molecule has 1 unspecified atom stereocenters. The van der Waals surface area contributed by atoms with Crippen molar-refractivity contribution in [3.63, 3.8) is 0 Å². The molecule has 0 fully saturated rings. The Morgan fingerprint density at radius 3 is 2.24 bits per heavy atom. The molecule has 0 aromatic carbocycles. The molecule has 5 heteroatoms. The van der Waals surface area contributed by atoms with Crippen molar-refractivity contribution in [1.29, 1.82) is 0 Å². The van der Waals surface area contributed by atoms with Crippen molar-refractivity contribution in [3.8, 4) is 0 Å². The molecule has 2 amide bonds. The van der Waals surface area contributed by atoms with Crippen LogP contribution in [0.4, 0.5) is 0 Å². The summed E-state index contributed by atoms with van der Waals surface area (Å²) in [4.78, 5) is 23.3. The first-order valence-corrected chi connectivity index (χ1v) is 6.02. The molecular weight excluding hydrogens is 218 g/mol. The molecule has 0 saturated carbocycles. The van der Waals surface area contributed by atoms with Crippen LogP contribution in [-0.2, 0) is 9.59 Å². The van der Waals surface area contributed by atoms with E-state index < -0.39 is 11.5 Å². The van der Waals surface area contributed by atoms with Crippen molar-refractivity contribution in [3.05, 3.63) is 0 Å². The summed E-state index contributed by atoms with van der Waals surface area (Å²) in [7, 11) is 1.87. The SMILES string of the molecule is CNCCCNC(=O)C(C)NC(=O)C(C)(C)C. The van der Waals surface area contributed by atoms with Crippen LogP contribution >= 0.6 is 0 Å². The van der Waals surface area contributed by atoms with Crippen molar-refractivity contribution < 1.29 is 9.59 Å². The molecule has 0 heterocycles. The zero-order chi connectivity index (χ0) is 13.5. The monoisotopic (exact) mass is 243 g/mol. The van der Waals surface area contributed by atoms with E-state index in [1.54, 1.807) is 6.92 Å². The lowest BCUT2D eigenvalue weighted by atomic mass is 9.95. The van der Waals surface area contributed by atoms with Gasteiger partial charge in [-0.25, -0.2) is 0 Å². The highest BCUT2D eigenvalue weighted by atomic mass is 16.2. The number of carbonyl (C=O) groups is 2. The maximum atomic E-state index is 11.7. The lowest BCUT2D eigenvalue weighted by Crippen LogP contribution is -2.48. The summed E-state index contributed by atoms with van der Waals surface area (Å²) in [6.07, 6.45) is 0.877. The summed E-state index contributed by atoms with van der Waals surface area (Å²) in [5.74, 6) is -0.255. The molecular formula is C12H25N3O2. The third-order valence-electron chi connectivity index (χ3n) is 2.32. The minimum absolute atomic E-state index is 0.115. The fourth-order valence-electron chi connectivity index (χ4n) is 1.11. The third kappa shape index (κ3) is 6.94. The molecule has 1 atom stereocenters. The third-order valence-corrected chi connectivity index (χ3v) is 2.32. The molecule has 3 N–H and O–H groups in total. The molecule has 0 aliphatic carbocycles. The van der Waals surface area contributed by atoms with Gasteiger partial charge in [0.2, 0.25) is 11.8 Å². The summed E-state index contributed by atoms with van der Waals surface area (Å²) < 4.78 is 0. The lowest BCUT2D eigenvalue weighted by molar-refractivity contribution is -0.133. The largest absolute Gasteiger partial charge is 0.354 e. The predicted molar refractivity (Wildman–Crippen MR) is 68.6 cm³/mol. The minimum atomic E-state index is -0.490. The quantitative estimate of drug-likeness (QED) is 0.586. The Bertz CT molecular complexity index is 259. The lowest BCUT2D eigenvalue weighted by Gasteiger charge is -2.21. The van der Waals surface area contributed by atoms with Gasteiger partial charge in [-0.15, -0.1) is 0 Å². The van der Waals surface area contributed by atoms with E-state index in [0.717, 1.165) is 13.0 Å². The highest BCUT2D eigenvalue weighted by molar-refractivity contribution is 5.89. The molecule has 17 heavy (non-hydrogen) atoms. The van der Waals surface area contributed by atoms with Crippen molar-refractivity contribution in [2.24, 2.45) is 5.41 Å². The standard InChI is InChI=1S/C12H25N3O2/c1-9(15-11(17)12(2,3)4)10(16)14-8-6-7-13-5/h9,13H,6-8H2,1-5H3,(H,14,16)(H,15,17). The van der Waals surface area contributed by atoms with E-state index >= 15 is 0 Å².